The van der Waals surface area contributed by atoms with Crippen molar-refractivity contribution in [3.05, 3.63) is 28.2 Å². The Morgan fingerprint density at radius 2 is 2.10 bits per heavy atom. The Hall–Kier alpha value is -0.780. The summed E-state index contributed by atoms with van der Waals surface area (Å²) in [5, 5.41) is 5.97. The van der Waals surface area contributed by atoms with Gasteiger partial charge in [-0.2, -0.15) is 0 Å². The van der Waals surface area contributed by atoms with Crippen molar-refractivity contribution in [1.82, 2.24) is 10.6 Å². The Morgan fingerprint density at radius 3 is 2.70 bits per heavy atom. The highest BCUT2D eigenvalue weighted by atomic mass is 79.9. The first-order chi connectivity index (χ1) is 9.04. The minimum Gasteiger partial charge on any atom is -0.480 e. The smallest absolute Gasteiger partial charge is 0.260 e. The molecule has 1 atom stereocenters. The maximum absolute atomic E-state index is 11.8. The predicted octanol–water partition coefficient (Wildman–Crippen LogP) is 2.67. The van der Waals surface area contributed by atoms with Crippen molar-refractivity contribution in [2.24, 2.45) is 0 Å². The summed E-state index contributed by atoms with van der Waals surface area (Å²) in [5.41, 5.74) is 1.14. The molecule has 4 nitrogen and oxygen atoms in total. The molecule has 2 N–H and O–H groups in total. The minimum absolute atomic E-state index is 0. The van der Waals surface area contributed by atoms with Crippen LogP contribution in [-0.4, -0.2) is 31.6 Å². The van der Waals surface area contributed by atoms with Crippen LogP contribution in [0.15, 0.2) is 22.7 Å². The van der Waals surface area contributed by atoms with E-state index in [4.69, 9.17) is 4.74 Å². The molecule has 0 bridgehead atoms. The van der Waals surface area contributed by atoms with Crippen LogP contribution in [0.5, 0.6) is 5.75 Å². The fraction of sp³-hybridized carbons (Fsp3) is 0.500. The molecule has 1 aromatic rings. The largest absolute Gasteiger partial charge is 0.480 e. The lowest BCUT2D eigenvalue weighted by atomic mass is 10.2. The molecule has 0 saturated carbocycles. The molecule has 114 valence electrons. The molecule has 0 radical (unpaired) electrons. The number of amides is 1. The van der Waals surface area contributed by atoms with Crippen LogP contribution in [0.25, 0.3) is 0 Å². The zero-order valence-corrected chi connectivity index (χ0v) is 14.4. The summed E-state index contributed by atoms with van der Waals surface area (Å²) in [6, 6.07) is 5.78. The van der Waals surface area contributed by atoms with E-state index in [1.165, 1.54) is 0 Å². The summed E-state index contributed by atoms with van der Waals surface area (Å²) in [7, 11) is 0. The monoisotopic (exact) mass is 364 g/mol. The van der Waals surface area contributed by atoms with E-state index in [2.05, 4.69) is 26.6 Å². The predicted molar refractivity (Wildman–Crippen MR) is 87.8 cm³/mol. The average molecular weight is 366 g/mol. The second kappa shape index (κ2) is 10.0. The summed E-state index contributed by atoms with van der Waals surface area (Å²) in [6.45, 7) is 8.06. The van der Waals surface area contributed by atoms with Crippen molar-refractivity contribution in [2.45, 2.75) is 26.9 Å². The molecule has 6 heteroatoms. The lowest BCUT2D eigenvalue weighted by molar-refractivity contribution is -0.127. The first-order valence-electron chi connectivity index (χ1n) is 6.45. The molecule has 0 fully saturated rings. The van der Waals surface area contributed by atoms with E-state index in [0.717, 1.165) is 23.1 Å². The highest BCUT2D eigenvalue weighted by Crippen LogP contribution is 2.26. The quantitative estimate of drug-likeness (QED) is 0.730. The van der Waals surface area contributed by atoms with Crippen molar-refractivity contribution in [2.75, 3.05) is 19.6 Å². The first kappa shape index (κ1) is 19.2. The second-order valence-electron chi connectivity index (χ2n) is 4.34. The number of carbonyl (C=O) groups excluding carboxylic acids is 1. The topological polar surface area (TPSA) is 50.4 Å². The van der Waals surface area contributed by atoms with Gasteiger partial charge in [-0.15, -0.1) is 12.4 Å². The molecular weight excluding hydrogens is 344 g/mol. The summed E-state index contributed by atoms with van der Waals surface area (Å²) in [4.78, 5) is 11.8. The van der Waals surface area contributed by atoms with Gasteiger partial charge >= 0.3 is 0 Å². The van der Waals surface area contributed by atoms with Gasteiger partial charge in [-0.1, -0.05) is 13.0 Å². The number of nitrogens with one attached hydrogen (secondary N) is 2. The summed E-state index contributed by atoms with van der Waals surface area (Å²) in [5.74, 6) is 0.574. The van der Waals surface area contributed by atoms with Gasteiger partial charge in [-0.25, -0.2) is 0 Å². The minimum atomic E-state index is -0.513. The third-order valence-corrected chi connectivity index (χ3v) is 3.23. The Bertz CT molecular complexity index is 430. The molecule has 1 unspecified atom stereocenters. The summed E-state index contributed by atoms with van der Waals surface area (Å²) < 4.78 is 6.50. The van der Waals surface area contributed by atoms with Gasteiger partial charge in [-0.05, 0) is 54.0 Å². The number of ether oxygens (including phenoxy) is 1. The number of benzene rings is 1. The van der Waals surface area contributed by atoms with E-state index in [0.29, 0.717) is 12.3 Å². The van der Waals surface area contributed by atoms with Crippen LogP contribution in [0.3, 0.4) is 0 Å². The third kappa shape index (κ3) is 6.59. The molecule has 0 saturated heterocycles. The molecule has 0 spiro atoms. The van der Waals surface area contributed by atoms with Crippen LogP contribution in [0.4, 0.5) is 0 Å². The van der Waals surface area contributed by atoms with Gasteiger partial charge in [0, 0.05) is 13.1 Å². The summed E-state index contributed by atoms with van der Waals surface area (Å²) >= 11 is 3.43. The van der Waals surface area contributed by atoms with Gasteiger partial charge in [0.2, 0.25) is 0 Å². The molecule has 20 heavy (non-hydrogen) atoms. The Morgan fingerprint density at radius 1 is 1.40 bits per heavy atom. The molecule has 1 aromatic carbocycles. The third-order valence-electron chi connectivity index (χ3n) is 2.61. The molecule has 1 amide bonds. The number of rotatable bonds is 7. The van der Waals surface area contributed by atoms with Crippen LogP contribution in [0.2, 0.25) is 0 Å². The fourth-order valence-electron chi connectivity index (χ4n) is 1.54. The number of halogens is 2. The number of aryl methyl sites for hydroxylation is 1. The highest BCUT2D eigenvalue weighted by Gasteiger charge is 2.15. The number of hydrogen-bond donors (Lipinski definition) is 2. The van der Waals surface area contributed by atoms with Crippen LogP contribution in [-0.2, 0) is 4.79 Å². The van der Waals surface area contributed by atoms with E-state index in [1.54, 1.807) is 6.92 Å². The van der Waals surface area contributed by atoms with Gasteiger partial charge < -0.3 is 15.4 Å². The lowest BCUT2D eigenvalue weighted by Gasteiger charge is -2.16. The zero-order valence-electron chi connectivity index (χ0n) is 12.0. The maximum Gasteiger partial charge on any atom is 0.260 e. The standard InChI is InChI=1S/C14H21BrN2O2.ClH/c1-4-16-7-8-17-14(18)11(3)19-13-6-5-10(2)9-12(13)15;/h5-6,9,11,16H,4,7-8H2,1-3H3,(H,17,18);1H. The number of carbonyl (C=O) groups is 1. The second-order valence-corrected chi connectivity index (χ2v) is 5.19. The van der Waals surface area contributed by atoms with Crippen molar-refractivity contribution in [1.29, 1.82) is 0 Å². The Labute approximate surface area is 135 Å². The summed E-state index contributed by atoms with van der Waals surface area (Å²) in [6.07, 6.45) is -0.513. The SMILES string of the molecule is CCNCCNC(=O)C(C)Oc1ccc(C)cc1Br.Cl. The van der Waals surface area contributed by atoms with Crippen LogP contribution in [0, 0.1) is 6.92 Å². The molecule has 0 aliphatic rings. The van der Waals surface area contributed by atoms with Crippen molar-refractivity contribution < 1.29 is 9.53 Å². The van der Waals surface area contributed by atoms with Crippen molar-refractivity contribution >= 4 is 34.2 Å². The van der Waals surface area contributed by atoms with Crippen molar-refractivity contribution in [3.63, 3.8) is 0 Å². The van der Waals surface area contributed by atoms with Crippen LogP contribution in [0.1, 0.15) is 19.4 Å². The van der Waals surface area contributed by atoms with Gasteiger partial charge in [0.25, 0.3) is 5.91 Å². The lowest BCUT2D eigenvalue weighted by Crippen LogP contribution is -2.39. The zero-order chi connectivity index (χ0) is 14.3. The average Bonchev–Trinajstić information content (AvgIpc) is 2.37. The Balaban J connectivity index is 0.00000361. The molecular formula is C14H22BrClN2O2. The molecule has 0 heterocycles. The molecule has 1 rings (SSSR count). The highest BCUT2D eigenvalue weighted by molar-refractivity contribution is 9.10. The van der Waals surface area contributed by atoms with Crippen molar-refractivity contribution in [3.8, 4) is 5.75 Å². The van der Waals surface area contributed by atoms with E-state index in [-0.39, 0.29) is 18.3 Å². The number of likely N-dealkylation sites (N-methyl/N-ethyl adjacent to an activating group) is 1. The van der Waals surface area contributed by atoms with E-state index in [1.807, 2.05) is 32.0 Å². The van der Waals surface area contributed by atoms with Gasteiger partial charge in [0.1, 0.15) is 5.75 Å². The van der Waals surface area contributed by atoms with E-state index in [9.17, 15) is 4.79 Å². The maximum atomic E-state index is 11.8. The fourth-order valence-corrected chi connectivity index (χ4v) is 2.13. The van der Waals surface area contributed by atoms with Gasteiger partial charge in [0.05, 0.1) is 4.47 Å². The first-order valence-corrected chi connectivity index (χ1v) is 7.25. The molecule has 0 aliphatic heterocycles. The Kier molecular flexibility index (Phi) is 9.63. The van der Waals surface area contributed by atoms with Gasteiger partial charge in [-0.3, -0.25) is 4.79 Å². The normalized spacial score (nSPS) is 11.4. The molecule has 0 aromatic heterocycles. The van der Waals surface area contributed by atoms with Gasteiger partial charge in [0.15, 0.2) is 6.10 Å². The van der Waals surface area contributed by atoms with E-state index < -0.39 is 6.10 Å². The molecule has 0 aliphatic carbocycles. The van der Waals surface area contributed by atoms with E-state index >= 15 is 0 Å². The van der Waals surface area contributed by atoms with Crippen LogP contribution >= 0.6 is 28.3 Å². The van der Waals surface area contributed by atoms with Crippen LogP contribution < -0.4 is 15.4 Å². The number of hydrogen-bond acceptors (Lipinski definition) is 3.